The maximum Gasteiger partial charge on any atom is 0.475 e. The molecule has 0 radical (unpaired) electrons. The molecule has 0 N–H and O–H groups in total. The molecule has 0 spiro atoms. The lowest BCUT2D eigenvalue weighted by molar-refractivity contribution is 0.00298. The molecule has 23 heavy (non-hydrogen) atoms. The summed E-state index contributed by atoms with van der Waals surface area (Å²) in [6.45, 7) is 13.8. The normalized spacial score (nSPS) is 13.5. The van der Waals surface area contributed by atoms with E-state index < -0.39 is 19.0 Å². The van der Waals surface area contributed by atoms with Gasteiger partial charge < -0.3 is 0 Å². The third kappa shape index (κ3) is 15.4. The van der Waals surface area contributed by atoms with E-state index in [4.69, 9.17) is 13.6 Å². The summed E-state index contributed by atoms with van der Waals surface area (Å²) in [6, 6.07) is 0. The van der Waals surface area contributed by atoms with Crippen molar-refractivity contribution in [2.75, 3.05) is 6.61 Å². The Bertz CT molecular complexity index is 322. The van der Waals surface area contributed by atoms with E-state index in [-0.39, 0.29) is 0 Å². The molecule has 0 aromatic carbocycles. The van der Waals surface area contributed by atoms with Gasteiger partial charge >= 0.3 is 7.82 Å². The van der Waals surface area contributed by atoms with Crippen LogP contribution < -0.4 is 0 Å². The minimum Gasteiger partial charge on any atom is -0.287 e. The van der Waals surface area contributed by atoms with Gasteiger partial charge in [0.15, 0.2) is 0 Å². The largest absolute Gasteiger partial charge is 0.475 e. The summed E-state index contributed by atoms with van der Waals surface area (Å²) in [5.41, 5.74) is -1.14. The van der Waals surface area contributed by atoms with Gasteiger partial charge in [-0.1, -0.05) is 51.9 Å². The second-order valence-corrected chi connectivity index (χ2v) is 9.68. The lowest BCUT2D eigenvalue weighted by Crippen LogP contribution is -2.24. The van der Waals surface area contributed by atoms with Crippen molar-refractivity contribution >= 4 is 7.82 Å². The first-order valence-electron chi connectivity index (χ1n) is 9.13. The van der Waals surface area contributed by atoms with Gasteiger partial charge in [0, 0.05) is 0 Å². The zero-order valence-electron chi connectivity index (χ0n) is 16.4. The molecule has 0 saturated carbocycles. The SMILES string of the molecule is CCCCCCCCCCOP(=O)(OC(C)(C)C)OC(C)(C)C. The number of phosphoric ester groups is 1. The number of rotatable bonds is 12. The number of hydrogen-bond acceptors (Lipinski definition) is 4. The highest BCUT2D eigenvalue weighted by Crippen LogP contribution is 2.55. The molecule has 0 fully saturated rings. The van der Waals surface area contributed by atoms with E-state index in [1.165, 1.54) is 38.5 Å². The highest BCUT2D eigenvalue weighted by molar-refractivity contribution is 7.48. The molecule has 5 heteroatoms. The predicted octanol–water partition coefficient (Wildman–Crippen LogP) is 6.88. The summed E-state index contributed by atoms with van der Waals surface area (Å²) in [5.74, 6) is 0. The Morgan fingerprint density at radius 2 is 1.09 bits per heavy atom. The van der Waals surface area contributed by atoms with E-state index in [1.807, 2.05) is 41.5 Å². The zero-order valence-corrected chi connectivity index (χ0v) is 17.3. The number of unbranched alkanes of at least 4 members (excludes halogenated alkanes) is 7. The highest BCUT2D eigenvalue weighted by Gasteiger charge is 2.36. The first-order valence-corrected chi connectivity index (χ1v) is 10.6. The second kappa shape index (κ2) is 10.9. The quantitative estimate of drug-likeness (QED) is 0.284. The van der Waals surface area contributed by atoms with E-state index in [0.717, 1.165) is 12.8 Å². The van der Waals surface area contributed by atoms with Gasteiger partial charge in [0.05, 0.1) is 17.8 Å². The molecule has 4 nitrogen and oxygen atoms in total. The maximum absolute atomic E-state index is 12.8. The molecular formula is C18H39O4P. The molecule has 0 saturated heterocycles. The Kier molecular flexibility index (Phi) is 10.9. The van der Waals surface area contributed by atoms with Crippen LogP contribution in [0.2, 0.25) is 0 Å². The topological polar surface area (TPSA) is 44.8 Å². The molecule has 0 rings (SSSR count). The molecule has 0 aromatic heterocycles. The van der Waals surface area contributed by atoms with Crippen molar-refractivity contribution in [3.8, 4) is 0 Å². The van der Waals surface area contributed by atoms with Crippen LogP contribution in [0.15, 0.2) is 0 Å². The number of hydrogen-bond donors (Lipinski definition) is 0. The maximum atomic E-state index is 12.8. The fraction of sp³-hybridized carbons (Fsp3) is 1.00. The summed E-state index contributed by atoms with van der Waals surface area (Å²) >= 11 is 0. The monoisotopic (exact) mass is 350 g/mol. The third-order valence-electron chi connectivity index (χ3n) is 3.02. The fourth-order valence-corrected chi connectivity index (χ4v) is 3.99. The Labute approximate surface area is 144 Å². The molecule has 0 aromatic rings. The zero-order chi connectivity index (χ0) is 18.0. The van der Waals surface area contributed by atoms with Crippen molar-refractivity contribution in [2.45, 2.75) is 111 Å². The lowest BCUT2D eigenvalue weighted by atomic mass is 10.1. The van der Waals surface area contributed by atoms with E-state index in [0.29, 0.717) is 6.61 Å². The van der Waals surface area contributed by atoms with Crippen molar-refractivity contribution in [2.24, 2.45) is 0 Å². The summed E-state index contributed by atoms with van der Waals surface area (Å²) in [6.07, 6.45) is 9.72. The van der Waals surface area contributed by atoms with E-state index in [2.05, 4.69) is 6.92 Å². The van der Waals surface area contributed by atoms with Crippen LogP contribution >= 0.6 is 7.82 Å². The lowest BCUT2D eigenvalue weighted by Gasteiger charge is -2.30. The minimum absolute atomic E-state index is 0.415. The van der Waals surface area contributed by atoms with Gasteiger partial charge in [-0.05, 0) is 48.0 Å². The Morgan fingerprint density at radius 1 is 0.696 bits per heavy atom. The highest BCUT2D eigenvalue weighted by atomic mass is 31.2. The fourth-order valence-electron chi connectivity index (χ4n) is 2.15. The van der Waals surface area contributed by atoms with Crippen molar-refractivity contribution in [1.29, 1.82) is 0 Å². The van der Waals surface area contributed by atoms with Crippen LogP contribution in [0.25, 0.3) is 0 Å². The summed E-state index contributed by atoms with van der Waals surface area (Å²) < 4.78 is 29.5. The van der Waals surface area contributed by atoms with E-state index >= 15 is 0 Å². The van der Waals surface area contributed by atoms with Crippen LogP contribution in [0, 0.1) is 0 Å². The van der Waals surface area contributed by atoms with Gasteiger partial charge in [-0.3, -0.25) is 13.6 Å². The van der Waals surface area contributed by atoms with Crippen molar-refractivity contribution in [3.05, 3.63) is 0 Å². The first-order chi connectivity index (χ1) is 10.5. The van der Waals surface area contributed by atoms with Crippen LogP contribution in [-0.4, -0.2) is 17.8 Å². The van der Waals surface area contributed by atoms with Gasteiger partial charge in [0.25, 0.3) is 0 Å². The van der Waals surface area contributed by atoms with Crippen molar-refractivity contribution in [1.82, 2.24) is 0 Å². The molecule has 0 unspecified atom stereocenters. The summed E-state index contributed by atoms with van der Waals surface area (Å²) in [4.78, 5) is 0. The molecule has 0 heterocycles. The summed E-state index contributed by atoms with van der Waals surface area (Å²) in [5, 5.41) is 0. The van der Waals surface area contributed by atoms with Gasteiger partial charge in [-0.15, -0.1) is 0 Å². The Hall–Kier alpha value is 0.110. The molecule has 0 aliphatic rings. The second-order valence-electron chi connectivity index (χ2n) is 8.16. The van der Waals surface area contributed by atoms with Gasteiger partial charge in [0.2, 0.25) is 0 Å². The third-order valence-corrected chi connectivity index (χ3v) is 5.06. The summed E-state index contributed by atoms with van der Waals surface area (Å²) in [7, 11) is -3.53. The standard InChI is InChI=1S/C18H39O4P/c1-8-9-10-11-12-13-14-15-16-20-23(19,21-17(2,3)4)22-18(5,6)7/h8-16H2,1-7H3. The van der Waals surface area contributed by atoms with Gasteiger partial charge in [-0.25, -0.2) is 4.57 Å². The van der Waals surface area contributed by atoms with Gasteiger partial charge in [-0.2, -0.15) is 0 Å². The number of phosphoric acid groups is 1. The predicted molar refractivity (Wildman–Crippen MR) is 97.8 cm³/mol. The molecule has 0 aliphatic heterocycles. The van der Waals surface area contributed by atoms with Gasteiger partial charge in [0.1, 0.15) is 0 Å². The average molecular weight is 350 g/mol. The van der Waals surface area contributed by atoms with E-state index in [1.54, 1.807) is 0 Å². The van der Waals surface area contributed by atoms with Crippen LogP contribution in [0.3, 0.4) is 0 Å². The first kappa shape index (κ1) is 23.1. The minimum atomic E-state index is -3.53. The Morgan fingerprint density at radius 3 is 1.48 bits per heavy atom. The molecule has 140 valence electrons. The van der Waals surface area contributed by atoms with Crippen molar-refractivity contribution < 1.29 is 18.1 Å². The smallest absolute Gasteiger partial charge is 0.287 e. The molecule has 0 aliphatic carbocycles. The van der Waals surface area contributed by atoms with Crippen LogP contribution in [0.1, 0.15) is 99.8 Å². The average Bonchev–Trinajstić information content (AvgIpc) is 2.32. The molecular weight excluding hydrogens is 311 g/mol. The van der Waals surface area contributed by atoms with Crippen LogP contribution in [0.5, 0.6) is 0 Å². The van der Waals surface area contributed by atoms with E-state index in [9.17, 15) is 4.57 Å². The molecule has 0 bridgehead atoms. The Balaban J connectivity index is 4.09. The van der Waals surface area contributed by atoms with Crippen LogP contribution in [-0.2, 0) is 18.1 Å². The molecule has 0 amide bonds. The van der Waals surface area contributed by atoms with Crippen LogP contribution in [0.4, 0.5) is 0 Å². The van der Waals surface area contributed by atoms with Crippen molar-refractivity contribution in [3.63, 3.8) is 0 Å². The molecule has 0 atom stereocenters.